The van der Waals surface area contributed by atoms with Gasteiger partial charge in [-0.3, -0.25) is 9.69 Å². The van der Waals surface area contributed by atoms with Crippen molar-refractivity contribution in [3.8, 4) is 17.2 Å². The Hall–Kier alpha value is -2.73. The summed E-state index contributed by atoms with van der Waals surface area (Å²) in [4.78, 5) is 15.2. The molecule has 3 heterocycles. The third kappa shape index (κ3) is 4.10. The maximum Gasteiger partial charge on any atom is 0.231 e. The predicted octanol–water partition coefficient (Wildman–Crippen LogP) is 3.97. The minimum absolute atomic E-state index is 0.0894. The fraction of sp³-hybridized carbons (Fsp3) is 0.458. The highest BCUT2D eigenvalue weighted by atomic mass is 16.7. The van der Waals surface area contributed by atoms with E-state index < -0.39 is 0 Å². The molecule has 2 aromatic rings. The molecule has 3 aliphatic heterocycles. The van der Waals surface area contributed by atoms with Crippen molar-refractivity contribution in [1.82, 2.24) is 4.90 Å². The Kier molecular flexibility index (Phi) is 5.25. The second-order valence-corrected chi connectivity index (χ2v) is 8.62. The topological polar surface area (TPSA) is 60.0 Å². The number of hydrogen-bond acceptors (Lipinski definition) is 5. The van der Waals surface area contributed by atoms with E-state index in [0.717, 1.165) is 61.0 Å². The highest BCUT2D eigenvalue weighted by molar-refractivity contribution is 5.92. The van der Waals surface area contributed by atoms with Crippen LogP contribution in [0, 0.1) is 18.8 Å². The highest BCUT2D eigenvalue weighted by Crippen LogP contribution is 2.35. The molecule has 0 spiro atoms. The Labute approximate surface area is 177 Å². The number of fused-ring (bicyclic) bond motifs is 3. The van der Waals surface area contributed by atoms with Crippen molar-refractivity contribution < 1.29 is 19.0 Å². The Morgan fingerprint density at radius 1 is 1.00 bits per heavy atom. The summed E-state index contributed by atoms with van der Waals surface area (Å²) in [6.45, 7) is 5.87. The summed E-state index contributed by atoms with van der Waals surface area (Å²) >= 11 is 0. The molecule has 5 rings (SSSR count). The van der Waals surface area contributed by atoms with Crippen molar-refractivity contribution in [2.75, 3.05) is 31.8 Å². The summed E-state index contributed by atoms with van der Waals surface area (Å²) in [7, 11) is 0. The molecule has 6 nitrogen and oxygen atoms in total. The summed E-state index contributed by atoms with van der Waals surface area (Å²) in [5.41, 5.74) is 3.14. The lowest BCUT2D eigenvalue weighted by Gasteiger charge is -2.39. The van der Waals surface area contributed by atoms with Gasteiger partial charge in [0.2, 0.25) is 12.7 Å². The Morgan fingerprint density at radius 2 is 1.87 bits per heavy atom. The first-order valence-corrected chi connectivity index (χ1v) is 10.8. The molecular formula is C24H28N2O4. The number of carbonyl (C=O) groups is 1. The van der Waals surface area contributed by atoms with Gasteiger partial charge in [0.05, 0.1) is 12.3 Å². The summed E-state index contributed by atoms with van der Waals surface area (Å²) < 4.78 is 17.0. The van der Waals surface area contributed by atoms with Crippen molar-refractivity contribution in [2.45, 2.75) is 32.7 Å². The van der Waals surface area contributed by atoms with Gasteiger partial charge in [0.15, 0.2) is 11.5 Å². The Bertz CT molecular complexity index is 945. The number of aryl methyl sites for hydroxylation is 1. The van der Waals surface area contributed by atoms with Crippen molar-refractivity contribution in [3.63, 3.8) is 0 Å². The number of amides is 1. The number of piperidine rings is 1. The summed E-state index contributed by atoms with van der Waals surface area (Å²) in [6, 6.07) is 12.1. The summed E-state index contributed by atoms with van der Waals surface area (Å²) in [6.07, 6.45) is 2.57. The summed E-state index contributed by atoms with van der Waals surface area (Å²) in [5, 5.41) is 3.08. The van der Waals surface area contributed by atoms with E-state index in [0.29, 0.717) is 31.7 Å². The van der Waals surface area contributed by atoms with Gasteiger partial charge in [-0.25, -0.2) is 0 Å². The Morgan fingerprint density at radius 3 is 2.80 bits per heavy atom. The molecule has 1 saturated heterocycles. The maximum atomic E-state index is 12.7. The number of benzene rings is 2. The second-order valence-electron chi connectivity index (χ2n) is 8.62. The lowest BCUT2D eigenvalue weighted by atomic mass is 9.81. The largest absolute Gasteiger partial charge is 0.491 e. The Balaban J connectivity index is 1.27. The lowest BCUT2D eigenvalue weighted by molar-refractivity contribution is -0.118. The molecule has 0 aromatic heterocycles. The minimum atomic E-state index is 0.0894. The van der Waals surface area contributed by atoms with Crippen molar-refractivity contribution >= 4 is 11.6 Å². The highest BCUT2D eigenvalue weighted by Gasteiger charge is 2.31. The monoisotopic (exact) mass is 408 g/mol. The van der Waals surface area contributed by atoms with Crippen LogP contribution in [-0.2, 0) is 11.3 Å². The van der Waals surface area contributed by atoms with Gasteiger partial charge in [-0.1, -0.05) is 12.1 Å². The van der Waals surface area contributed by atoms with E-state index >= 15 is 0 Å². The van der Waals surface area contributed by atoms with Gasteiger partial charge in [0.25, 0.3) is 0 Å². The quantitative estimate of drug-likeness (QED) is 0.815. The van der Waals surface area contributed by atoms with Gasteiger partial charge < -0.3 is 19.5 Å². The van der Waals surface area contributed by atoms with Crippen LogP contribution < -0.4 is 19.5 Å². The molecule has 0 unspecified atom stereocenters. The number of ether oxygens (including phenoxy) is 3. The van der Waals surface area contributed by atoms with Gasteiger partial charge >= 0.3 is 0 Å². The normalized spacial score (nSPS) is 23.7. The van der Waals surface area contributed by atoms with Crippen LogP contribution in [-0.4, -0.2) is 37.3 Å². The number of nitrogens with zero attached hydrogens (tertiary/aromatic N) is 1. The molecule has 3 aliphatic rings. The van der Waals surface area contributed by atoms with E-state index in [-0.39, 0.29) is 5.91 Å². The molecule has 2 aromatic carbocycles. The van der Waals surface area contributed by atoms with Gasteiger partial charge in [0.1, 0.15) is 5.75 Å². The minimum Gasteiger partial charge on any atom is -0.491 e. The molecule has 1 N–H and O–H groups in total. The fourth-order valence-electron chi connectivity index (χ4n) is 4.82. The van der Waals surface area contributed by atoms with Crippen LogP contribution in [0.3, 0.4) is 0 Å². The number of anilines is 1. The molecule has 0 radical (unpaired) electrons. The predicted molar refractivity (Wildman–Crippen MR) is 114 cm³/mol. The van der Waals surface area contributed by atoms with Crippen molar-refractivity contribution in [3.05, 3.63) is 47.5 Å². The molecule has 0 bridgehead atoms. The average Bonchev–Trinajstić information content (AvgIpc) is 3.19. The van der Waals surface area contributed by atoms with E-state index in [4.69, 9.17) is 14.2 Å². The molecule has 0 aliphatic carbocycles. The van der Waals surface area contributed by atoms with Gasteiger partial charge in [-0.05, 0) is 73.5 Å². The van der Waals surface area contributed by atoms with E-state index in [1.807, 2.05) is 31.2 Å². The SMILES string of the molecule is Cc1ccc2c(c1)NC(=O)C[C@@H]1CCN(Cc3ccc4c(c3)OCO4)C[C@@H]1CCO2. The molecule has 1 fully saturated rings. The maximum absolute atomic E-state index is 12.7. The zero-order valence-electron chi connectivity index (χ0n) is 17.4. The third-order valence-electron chi connectivity index (χ3n) is 6.42. The third-order valence-corrected chi connectivity index (χ3v) is 6.42. The number of nitrogens with one attached hydrogen (secondary N) is 1. The first kappa shape index (κ1) is 19.2. The lowest BCUT2D eigenvalue weighted by Crippen LogP contribution is -2.42. The van der Waals surface area contributed by atoms with Gasteiger partial charge in [0, 0.05) is 19.5 Å². The zero-order valence-corrected chi connectivity index (χ0v) is 17.4. The van der Waals surface area contributed by atoms with E-state index in [1.165, 1.54) is 5.56 Å². The number of carbonyl (C=O) groups excluding carboxylic acids is 1. The van der Waals surface area contributed by atoms with Crippen molar-refractivity contribution in [2.24, 2.45) is 11.8 Å². The van der Waals surface area contributed by atoms with Crippen LogP contribution in [0.5, 0.6) is 17.2 Å². The van der Waals surface area contributed by atoms with Gasteiger partial charge in [-0.2, -0.15) is 0 Å². The standard InChI is InChI=1S/C24H28N2O4/c1-16-2-4-21-20(10-16)25-24(27)12-18-6-8-26(14-19(18)7-9-28-21)13-17-3-5-22-23(11-17)30-15-29-22/h2-5,10-11,18-19H,6-9,12-15H2,1H3,(H,25,27)/t18-,19-/m0/s1. The van der Waals surface area contributed by atoms with Crippen LogP contribution in [0.25, 0.3) is 0 Å². The first-order chi connectivity index (χ1) is 14.6. The molecular weight excluding hydrogens is 380 g/mol. The molecule has 2 atom stereocenters. The second kappa shape index (κ2) is 8.19. The van der Waals surface area contributed by atoms with E-state index in [1.54, 1.807) is 0 Å². The van der Waals surface area contributed by atoms with Crippen LogP contribution >= 0.6 is 0 Å². The van der Waals surface area contributed by atoms with E-state index in [2.05, 4.69) is 22.3 Å². The van der Waals surface area contributed by atoms with E-state index in [9.17, 15) is 4.79 Å². The smallest absolute Gasteiger partial charge is 0.231 e. The number of likely N-dealkylation sites (tertiary alicyclic amines) is 1. The van der Waals surface area contributed by atoms with Crippen LogP contribution in [0.2, 0.25) is 0 Å². The first-order valence-electron chi connectivity index (χ1n) is 10.8. The van der Waals surface area contributed by atoms with Crippen LogP contribution in [0.15, 0.2) is 36.4 Å². The molecule has 158 valence electrons. The van der Waals surface area contributed by atoms with Crippen LogP contribution in [0.4, 0.5) is 5.69 Å². The van der Waals surface area contributed by atoms with Crippen LogP contribution in [0.1, 0.15) is 30.4 Å². The number of hydrogen-bond donors (Lipinski definition) is 1. The zero-order chi connectivity index (χ0) is 20.5. The fourth-order valence-corrected chi connectivity index (χ4v) is 4.82. The summed E-state index contributed by atoms with van der Waals surface area (Å²) in [5.74, 6) is 3.36. The van der Waals surface area contributed by atoms with Gasteiger partial charge in [-0.15, -0.1) is 0 Å². The number of rotatable bonds is 2. The molecule has 0 saturated carbocycles. The molecule has 1 amide bonds. The molecule has 6 heteroatoms. The average molecular weight is 408 g/mol. The van der Waals surface area contributed by atoms with Crippen molar-refractivity contribution in [1.29, 1.82) is 0 Å². The molecule has 30 heavy (non-hydrogen) atoms.